The van der Waals surface area contributed by atoms with Crippen LogP contribution >= 0.6 is 0 Å². The SMILES string of the molecule is CCOc1nccc(-c2nc(N)n[nH]2)n1. The van der Waals surface area contributed by atoms with Crippen LogP contribution < -0.4 is 10.5 Å². The Kier molecular flexibility index (Phi) is 2.44. The highest BCUT2D eigenvalue weighted by atomic mass is 16.5. The van der Waals surface area contributed by atoms with E-state index in [1.165, 1.54) is 0 Å². The summed E-state index contributed by atoms with van der Waals surface area (Å²) >= 11 is 0. The topological polar surface area (TPSA) is 103 Å². The summed E-state index contributed by atoms with van der Waals surface area (Å²) in [4.78, 5) is 12.0. The maximum absolute atomic E-state index is 5.38. The Balaban J connectivity index is 2.32. The number of aromatic amines is 1. The number of nitrogens with one attached hydrogen (secondary N) is 1. The van der Waals surface area contributed by atoms with E-state index in [0.29, 0.717) is 24.1 Å². The van der Waals surface area contributed by atoms with Crippen LogP contribution in [0.1, 0.15) is 6.92 Å². The molecular formula is C8H10N6O. The molecular weight excluding hydrogens is 196 g/mol. The maximum Gasteiger partial charge on any atom is 0.316 e. The third-order valence-corrected chi connectivity index (χ3v) is 1.65. The zero-order valence-electron chi connectivity index (χ0n) is 8.14. The molecule has 0 amide bonds. The number of ether oxygens (including phenoxy) is 1. The number of nitrogen functional groups attached to an aromatic ring is 1. The number of hydrogen-bond donors (Lipinski definition) is 2. The number of H-pyrrole nitrogens is 1. The van der Waals surface area contributed by atoms with Crippen molar-refractivity contribution in [3.8, 4) is 17.5 Å². The van der Waals surface area contributed by atoms with E-state index in [-0.39, 0.29) is 5.95 Å². The molecule has 0 saturated carbocycles. The summed E-state index contributed by atoms with van der Waals surface area (Å²) in [6, 6.07) is 2.01. The zero-order valence-corrected chi connectivity index (χ0v) is 8.14. The largest absolute Gasteiger partial charge is 0.464 e. The highest BCUT2D eigenvalue weighted by Crippen LogP contribution is 2.13. The van der Waals surface area contributed by atoms with E-state index in [1.807, 2.05) is 6.92 Å². The molecule has 7 nitrogen and oxygen atoms in total. The summed E-state index contributed by atoms with van der Waals surface area (Å²) in [5.74, 6) is 0.678. The highest BCUT2D eigenvalue weighted by Gasteiger charge is 2.06. The van der Waals surface area contributed by atoms with E-state index >= 15 is 0 Å². The van der Waals surface area contributed by atoms with Gasteiger partial charge in [-0.3, -0.25) is 5.10 Å². The summed E-state index contributed by atoms with van der Waals surface area (Å²) in [5, 5.41) is 6.37. The number of anilines is 1. The molecule has 0 spiro atoms. The minimum Gasteiger partial charge on any atom is -0.464 e. The maximum atomic E-state index is 5.38. The number of aromatic nitrogens is 5. The molecule has 2 heterocycles. The number of hydrogen-bond acceptors (Lipinski definition) is 6. The van der Waals surface area contributed by atoms with Crippen LogP contribution in [0.5, 0.6) is 6.01 Å². The van der Waals surface area contributed by atoms with Gasteiger partial charge in [0.2, 0.25) is 5.95 Å². The van der Waals surface area contributed by atoms with E-state index < -0.39 is 0 Å². The van der Waals surface area contributed by atoms with Crippen molar-refractivity contribution >= 4 is 5.95 Å². The van der Waals surface area contributed by atoms with Gasteiger partial charge < -0.3 is 10.5 Å². The minimum absolute atomic E-state index is 0.182. The Morgan fingerprint density at radius 2 is 2.33 bits per heavy atom. The summed E-state index contributed by atoms with van der Waals surface area (Å²) in [6.07, 6.45) is 1.59. The quantitative estimate of drug-likeness (QED) is 0.745. The second-order valence-electron chi connectivity index (χ2n) is 2.70. The van der Waals surface area contributed by atoms with Crippen LogP contribution in [0.2, 0.25) is 0 Å². The molecule has 0 aliphatic rings. The molecule has 0 aliphatic heterocycles. The number of nitrogens with zero attached hydrogens (tertiary/aromatic N) is 4. The molecule has 0 saturated heterocycles. The van der Waals surface area contributed by atoms with Crippen molar-refractivity contribution in [1.82, 2.24) is 25.1 Å². The lowest BCUT2D eigenvalue weighted by Gasteiger charge is -2.00. The van der Waals surface area contributed by atoms with Gasteiger partial charge in [0.1, 0.15) is 5.69 Å². The number of rotatable bonds is 3. The average Bonchev–Trinajstić information content (AvgIpc) is 2.66. The van der Waals surface area contributed by atoms with Crippen molar-refractivity contribution in [2.24, 2.45) is 0 Å². The Morgan fingerprint density at radius 1 is 1.47 bits per heavy atom. The first-order valence-electron chi connectivity index (χ1n) is 4.43. The van der Waals surface area contributed by atoms with Crippen molar-refractivity contribution in [3.05, 3.63) is 12.3 Å². The molecule has 2 rings (SSSR count). The van der Waals surface area contributed by atoms with Gasteiger partial charge in [-0.05, 0) is 13.0 Å². The van der Waals surface area contributed by atoms with Gasteiger partial charge in [0.15, 0.2) is 5.82 Å². The lowest BCUT2D eigenvalue weighted by molar-refractivity contribution is 0.313. The fraction of sp³-hybridized carbons (Fsp3) is 0.250. The standard InChI is InChI=1S/C8H10N6O/c1-2-15-8-10-4-3-5(11-8)6-12-7(9)14-13-6/h3-4H,2H2,1H3,(H3,9,12,13,14). The van der Waals surface area contributed by atoms with Crippen LogP contribution in [0.15, 0.2) is 12.3 Å². The predicted octanol–water partition coefficient (Wildman–Crippen LogP) is 0.243. The predicted molar refractivity (Wildman–Crippen MR) is 53.0 cm³/mol. The second-order valence-corrected chi connectivity index (χ2v) is 2.70. The van der Waals surface area contributed by atoms with E-state index in [9.17, 15) is 0 Å². The van der Waals surface area contributed by atoms with Gasteiger partial charge in [-0.1, -0.05) is 0 Å². The first-order chi connectivity index (χ1) is 7.29. The lowest BCUT2D eigenvalue weighted by atomic mass is 10.4. The molecule has 0 atom stereocenters. The molecule has 3 N–H and O–H groups in total. The Labute approximate surface area is 85.7 Å². The van der Waals surface area contributed by atoms with E-state index in [0.717, 1.165) is 0 Å². The Bertz CT molecular complexity index is 454. The monoisotopic (exact) mass is 206 g/mol. The Hall–Kier alpha value is -2.18. The molecule has 15 heavy (non-hydrogen) atoms. The third kappa shape index (κ3) is 2.01. The molecule has 0 aromatic carbocycles. The third-order valence-electron chi connectivity index (χ3n) is 1.65. The van der Waals surface area contributed by atoms with Gasteiger partial charge in [0.25, 0.3) is 0 Å². The molecule has 0 aliphatic carbocycles. The van der Waals surface area contributed by atoms with Gasteiger partial charge in [-0.25, -0.2) is 4.98 Å². The van der Waals surface area contributed by atoms with E-state index in [2.05, 4.69) is 25.1 Å². The minimum atomic E-state index is 0.182. The van der Waals surface area contributed by atoms with Crippen LogP contribution in [-0.2, 0) is 0 Å². The first-order valence-corrected chi connectivity index (χ1v) is 4.43. The van der Waals surface area contributed by atoms with Crippen LogP contribution in [0.3, 0.4) is 0 Å². The summed E-state index contributed by atoms with van der Waals surface area (Å²) in [6.45, 7) is 2.38. The number of nitrogens with two attached hydrogens (primary N) is 1. The first kappa shape index (κ1) is 9.38. The van der Waals surface area contributed by atoms with Crippen LogP contribution in [0, 0.1) is 0 Å². The fourth-order valence-corrected chi connectivity index (χ4v) is 1.06. The van der Waals surface area contributed by atoms with Gasteiger partial charge in [0.05, 0.1) is 6.61 Å². The van der Waals surface area contributed by atoms with Crippen molar-refractivity contribution in [2.45, 2.75) is 6.92 Å². The van der Waals surface area contributed by atoms with Crippen molar-refractivity contribution < 1.29 is 4.74 Å². The van der Waals surface area contributed by atoms with Gasteiger partial charge in [0, 0.05) is 6.20 Å². The van der Waals surface area contributed by atoms with Crippen LogP contribution in [-0.4, -0.2) is 31.8 Å². The molecule has 0 radical (unpaired) electrons. The van der Waals surface area contributed by atoms with Crippen LogP contribution in [0.4, 0.5) is 5.95 Å². The van der Waals surface area contributed by atoms with Crippen LogP contribution in [0.25, 0.3) is 11.5 Å². The smallest absolute Gasteiger partial charge is 0.316 e. The normalized spacial score (nSPS) is 10.2. The van der Waals surface area contributed by atoms with Gasteiger partial charge in [-0.2, -0.15) is 9.97 Å². The second kappa shape index (κ2) is 3.91. The molecule has 2 aromatic heterocycles. The Morgan fingerprint density at radius 3 is 3.00 bits per heavy atom. The zero-order chi connectivity index (χ0) is 10.7. The molecule has 7 heteroatoms. The molecule has 2 aromatic rings. The molecule has 0 unspecified atom stereocenters. The van der Waals surface area contributed by atoms with E-state index in [4.69, 9.17) is 10.5 Å². The lowest BCUT2D eigenvalue weighted by Crippen LogP contribution is -1.98. The summed E-state index contributed by atoms with van der Waals surface area (Å²) in [5.41, 5.74) is 5.98. The van der Waals surface area contributed by atoms with E-state index in [1.54, 1.807) is 12.3 Å². The van der Waals surface area contributed by atoms with Gasteiger partial charge in [-0.15, -0.1) is 5.10 Å². The molecule has 0 bridgehead atoms. The fourth-order valence-electron chi connectivity index (χ4n) is 1.06. The summed E-state index contributed by atoms with van der Waals surface area (Å²) < 4.78 is 5.16. The molecule has 0 fully saturated rings. The van der Waals surface area contributed by atoms with Crippen molar-refractivity contribution in [3.63, 3.8) is 0 Å². The van der Waals surface area contributed by atoms with Gasteiger partial charge >= 0.3 is 6.01 Å². The highest BCUT2D eigenvalue weighted by molar-refractivity contribution is 5.49. The molecule has 78 valence electrons. The van der Waals surface area contributed by atoms with Crippen molar-refractivity contribution in [1.29, 1.82) is 0 Å². The average molecular weight is 206 g/mol. The van der Waals surface area contributed by atoms with Crippen molar-refractivity contribution in [2.75, 3.05) is 12.3 Å². The summed E-state index contributed by atoms with van der Waals surface area (Å²) in [7, 11) is 0.